The summed E-state index contributed by atoms with van der Waals surface area (Å²) in [4.78, 5) is 0. The van der Waals surface area contributed by atoms with E-state index in [2.05, 4.69) is 21.0 Å². The van der Waals surface area contributed by atoms with Crippen molar-refractivity contribution in [3.05, 3.63) is 40.9 Å². The predicted octanol–water partition coefficient (Wildman–Crippen LogP) is 2.45. The molecular formula is C11H11BrFN3O. The normalized spacial score (nSPS) is 10.5. The number of aromatic nitrogens is 2. The zero-order valence-corrected chi connectivity index (χ0v) is 10.5. The van der Waals surface area contributed by atoms with Gasteiger partial charge in [-0.05, 0) is 18.2 Å². The quantitative estimate of drug-likeness (QED) is 0.943. The van der Waals surface area contributed by atoms with Crippen LogP contribution in [0.3, 0.4) is 0 Å². The molecule has 0 unspecified atom stereocenters. The SMILES string of the molecule is Nc1cnn(CCOc2ccc(Br)cc2F)c1. The highest BCUT2D eigenvalue weighted by atomic mass is 79.9. The van der Waals surface area contributed by atoms with Crippen molar-refractivity contribution in [3.63, 3.8) is 0 Å². The summed E-state index contributed by atoms with van der Waals surface area (Å²) in [7, 11) is 0. The van der Waals surface area contributed by atoms with Crippen LogP contribution in [0.2, 0.25) is 0 Å². The minimum absolute atomic E-state index is 0.230. The number of hydrogen-bond donors (Lipinski definition) is 1. The van der Waals surface area contributed by atoms with Crippen molar-refractivity contribution < 1.29 is 9.13 Å². The fourth-order valence-corrected chi connectivity index (χ4v) is 1.68. The molecule has 0 radical (unpaired) electrons. The predicted molar refractivity (Wildman–Crippen MR) is 66.2 cm³/mol. The van der Waals surface area contributed by atoms with Crippen LogP contribution in [0.4, 0.5) is 10.1 Å². The lowest BCUT2D eigenvalue weighted by Crippen LogP contribution is -2.09. The van der Waals surface area contributed by atoms with Crippen LogP contribution >= 0.6 is 15.9 Å². The van der Waals surface area contributed by atoms with Crippen molar-refractivity contribution in [3.8, 4) is 5.75 Å². The van der Waals surface area contributed by atoms with Gasteiger partial charge in [-0.2, -0.15) is 5.10 Å². The molecule has 0 fully saturated rings. The van der Waals surface area contributed by atoms with Crippen LogP contribution in [0.25, 0.3) is 0 Å². The van der Waals surface area contributed by atoms with Gasteiger partial charge >= 0.3 is 0 Å². The number of nitrogen functional groups attached to an aromatic ring is 1. The molecule has 0 aliphatic carbocycles. The molecule has 17 heavy (non-hydrogen) atoms. The van der Waals surface area contributed by atoms with Crippen LogP contribution in [-0.2, 0) is 6.54 Å². The van der Waals surface area contributed by atoms with Crippen molar-refractivity contribution >= 4 is 21.6 Å². The summed E-state index contributed by atoms with van der Waals surface area (Å²) >= 11 is 3.18. The molecule has 0 atom stereocenters. The van der Waals surface area contributed by atoms with Crippen LogP contribution in [0.1, 0.15) is 0 Å². The van der Waals surface area contributed by atoms with Gasteiger partial charge in [0.15, 0.2) is 11.6 Å². The Morgan fingerprint density at radius 3 is 2.94 bits per heavy atom. The first-order valence-electron chi connectivity index (χ1n) is 5.01. The third-order valence-electron chi connectivity index (χ3n) is 2.13. The lowest BCUT2D eigenvalue weighted by molar-refractivity contribution is 0.278. The monoisotopic (exact) mass is 299 g/mol. The molecule has 1 aromatic heterocycles. The summed E-state index contributed by atoms with van der Waals surface area (Å²) in [6.45, 7) is 0.854. The molecule has 0 bridgehead atoms. The van der Waals surface area contributed by atoms with Gasteiger partial charge in [-0.1, -0.05) is 15.9 Å². The minimum atomic E-state index is -0.389. The Bertz CT molecular complexity index is 515. The molecule has 2 aromatic rings. The number of nitrogens with zero attached hydrogens (tertiary/aromatic N) is 2. The van der Waals surface area contributed by atoms with E-state index in [1.165, 1.54) is 6.07 Å². The molecule has 0 saturated heterocycles. The van der Waals surface area contributed by atoms with Gasteiger partial charge in [-0.25, -0.2) is 4.39 Å². The number of rotatable bonds is 4. The molecule has 0 aliphatic heterocycles. The average molecular weight is 300 g/mol. The van der Waals surface area contributed by atoms with Gasteiger partial charge in [0.1, 0.15) is 6.61 Å². The zero-order valence-electron chi connectivity index (χ0n) is 8.94. The molecular weight excluding hydrogens is 289 g/mol. The van der Waals surface area contributed by atoms with E-state index < -0.39 is 0 Å². The van der Waals surface area contributed by atoms with Crippen molar-refractivity contribution in [2.24, 2.45) is 0 Å². The van der Waals surface area contributed by atoms with Crippen molar-refractivity contribution in [1.82, 2.24) is 9.78 Å². The van der Waals surface area contributed by atoms with Gasteiger partial charge in [-0.3, -0.25) is 4.68 Å². The first-order valence-corrected chi connectivity index (χ1v) is 5.80. The number of nitrogens with two attached hydrogens (primary N) is 1. The van der Waals surface area contributed by atoms with Gasteiger partial charge in [0.05, 0.1) is 18.4 Å². The standard InChI is InChI=1S/C11H11BrFN3O/c12-8-1-2-11(10(13)5-8)17-4-3-16-7-9(14)6-15-16/h1-2,5-7H,3-4,14H2. The lowest BCUT2D eigenvalue weighted by atomic mass is 10.3. The summed E-state index contributed by atoms with van der Waals surface area (Å²) < 4.78 is 21.0. The second kappa shape index (κ2) is 5.18. The molecule has 0 saturated carbocycles. The van der Waals surface area contributed by atoms with Crippen LogP contribution in [-0.4, -0.2) is 16.4 Å². The number of halogens is 2. The van der Waals surface area contributed by atoms with Gasteiger partial charge in [0, 0.05) is 10.7 Å². The first-order chi connectivity index (χ1) is 8.15. The average Bonchev–Trinajstić information content (AvgIpc) is 2.68. The van der Waals surface area contributed by atoms with Crippen LogP contribution in [0.15, 0.2) is 35.1 Å². The number of benzene rings is 1. The lowest BCUT2D eigenvalue weighted by Gasteiger charge is -2.07. The molecule has 0 aliphatic rings. The summed E-state index contributed by atoms with van der Waals surface area (Å²) in [5.41, 5.74) is 6.11. The Morgan fingerprint density at radius 2 is 2.29 bits per heavy atom. The Kier molecular flexibility index (Phi) is 3.63. The Balaban J connectivity index is 1.90. The highest BCUT2D eigenvalue weighted by Crippen LogP contribution is 2.21. The second-order valence-electron chi connectivity index (χ2n) is 3.46. The fraction of sp³-hybridized carbons (Fsp3) is 0.182. The highest BCUT2D eigenvalue weighted by molar-refractivity contribution is 9.10. The van der Waals surface area contributed by atoms with E-state index in [0.717, 1.165) is 0 Å². The Hall–Kier alpha value is -1.56. The molecule has 1 aromatic carbocycles. The maximum Gasteiger partial charge on any atom is 0.166 e. The minimum Gasteiger partial charge on any atom is -0.489 e. The molecule has 0 spiro atoms. The van der Waals surface area contributed by atoms with Gasteiger partial charge in [0.25, 0.3) is 0 Å². The van der Waals surface area contributed by atoms with Crippen molar-refractivity contribution in [2.45, 2.75) is 6.54 Å². The molecule has 1 heterocycles. The van der Waals surface area contributed by atoms with Gasteiger partial charge < -0.3 is 10.5 Å². The van der Waals surface area contributed by atoms with E-state index in [1.54, 1.807) is 29.2 Å². The van der Waals surface area contributed by atoms with E-state index in [9.17, 15) is 4.39 Å². The topological polar surface area (TPSA) is 53.1 Å². The van der Waals surface area contributed by atoms with Gasteiger partial charge in [-0.15, -0.1) is 0 Å². The third kappa shape index (κ3) is 3.20. The molecule has 2 N–H and O–H groups in total. The maximum absolute atomic E-state index is 13.4. The fourth-order valence-electron chi connectivity index (χ4n) is 1.34. The highest BCUT2D eigenvalue weighted by Gasteiger charge is 2.03. The van der Waals surface area contributed by atoms with E-state index in [4.69, 9.17) is 10.5 Å². The zero-order chi connectivity index (χ0) is 12.3. The Morgan fingerprint density at radius 1 is 1.47 bits per heavy atom. The number of ether oxygens (including phenoxy) is 1. The molecule has 0 amide bonds. The summed E-state index contributed by atoms with van der Waals surface area (Å²) in [5, 5.41) is 3.99. The summed E-state index contributed by atoms with van der Waals surface area (Å²) in [6, 6.07) is 4.67. The van der Waals surface area contributed by atoms with Crippen molar-refractivity contribution in [2.75, 3.05) is 12.3 Å². The van der Waals surface area contributed by atoms with E-state index in [1.807, 2.05) is 0 Å². The Labute approximate surface area is 106 Å². The van der Waals surface area contributed by atoms with Crippen molar-refractivity contribution in [1.29, 1.82) is 0 Å². The van der Waals surface area contributed by atoms with E-state index in [0.29, 0.717) is 23.3 Å². The number of hydrogen-bond acceptors (Lipinski definition) is 3. The van der Waals surface area contributed by atoms with Gasteiger partial charge in [0.2, 0.25) is 0 Å². The van der Waals surface area contributed by atoms with E-state index >= 15 is 0 Å². The first kappa shape index (κ1) is 11.9. The molecule has 90 valence electrons. The molecule has 2 rings (SSSR count). The van der Waals surface area contributed by atoms with E-state index in [-0.39, 0.29) is 11.6 Å². The maximum atomic E-state index is 13.4. The molecule has 6 heteroatoms. The summed E-state index contributed by atoms with van der Waals surface area (Å²) in [6.07, 6.45) is 3.25. The smallest absolute Gasteiger partial charge is 0.166 e. The number of anilines is 1. The summed E-state index contributed by atoms with van der Waals surface area (Å²) in [5.74, 6) is -0.160. The second-order valence-corrected chi connectivity index (χ2v) is 4.38. The van der Waals surface area contributed by atoms with Crippen LogP contribution in [0, 0.1) is 5.82 Å². The third-order valence-corrected chi connectivity index (χ3v) is 2.62. The van der Waals surface area contributed by atoms with Crippen LogP contribution in [0.5, 0.6) is 5.75 Å². The molecule has 4 nitrogen and oxygen atoms in total. The van der Waals surface area contributed by atoms with Crippen LogP contribution < -0.4 is 10.5 Å². The largest absolute Gasteiger partial charge is 0.489 e.